The Morgan fingerprint density at radius 3 is 2.75 bits per heavy atom. The molecule has 2 rings (SSSR count). The fourth-order valence-corrected chi connectivity index (χ4v) is 3.23. The number of pyridine rings is 1. The third-order valence-corrected chi connectivity index (χ3v) is 5.01. The number of aromatic nitrogens is 1. The van der Waals surface area contributed by atoms with Gasteiger partial charge in [-0.25, -0.2) is 4.98 Å². The van der Waals surface area contributed by atoms with Crippen molar-refractivity contribution in [2.24, 2.45) is 4.99 Å². The Balaban J connectivity index is 1.79. The molecule has 0 bridgehead atoms. The van der Waals surface area contributed by atoms with E-state index in [4.69, 9.17) is 4.74 Å². The number of hydrogen-bond donors (Lipinski definition) is 2. The fraction of sp³-hybridized carbons (Fsp3) is 0.700. The number of aliphatic imine (C=N–C) groups is 1. The number of ether oxygens (including phenoxy) is 1. The lowest BCUT2D eigenvalue weighted by atomic mass is 10.2. The highest BCUT2D eigenvalue weighted by Crippen LogP contribution is 2.18. The number of likely N-dealkylation sites (N-methyl/N-ethyl adjacent to an activating group) is 2. The first-order valence-corrected chi connectivity index (χ1v) is 10.1. The van der Waals surface area contributed by atoms with Gasteiger partial charge in [0.25, 0.3) is 0 Å². The van der Waals surface area contributed by atoms with Gasteiger partial charge in [0, 0.05) is 84.9 Å². The van der Waals surface area contributed by atoms with E-state index in [1.165, 1.54) is 5.56 Å². The first-order chi connectivity index (χ1) is 13.6. The maximum Gasteiger partial charge on any atom is 0.191 e. The molecule has 0 radical (unpaired) electrons. The molecule has 1 saturated heterocycles. The van der Waals surface area contributed by atoms with Crippen molar-refractivity contribution >= 4 is 11.8 Å². The topological polar surface area (TPSA) is 68.3 Å². The summed E-state index contributed by atoms with van der Waals surface area (Å²) < 4.78 is 5.10. The zero-order valence-electron chi connectivity index (χ0n) is 17.9. The third kappa shape index (κ3) is 7.61. The average molecular weight is 392 g/mol. The van der Waals surface area contributed by atoms with Crippen molar-refractivity contribution in [3.05, 3.63) is 23.9 Å². The molecule has 1 aliphatic rings. The second-order valence-electron chi connectivity index (χ2n) is 7.28. The van der Waals surface area contributed by atoms with Crippen LogP contribution in [0.5, 0.6) is 0 Å². The van der Waals surface area contributed by atoms with E-state index < -0.39 is 0 Å². The summed E-state index contributed by atoms with van der Waals surface area (Å²) in [5.74, 6) is 1.90. The van der Waals surface area contributed by atoms with Crippen molar-refractivity contribution in [3.8, 4) is 0 Å². The molecule has 0 aromatic carbocycles. The SMILES string of the molecule is CN=C(NCCN(C)CCCOC)NCc1cccnc1N1CCN(C)CC1. The van der Waals surface area contributed by atoms with E-state index in [0.717, 1.165) is 70.6 Å². The van der Waals surface area contributed by atoms with Gasteiger partial charge in [-0.3, -0.25) is 4.99 Å². The number of methoxy groups -OCH3 is 1. The van der Waals surface area contributed by atoms with Crippen LogP contribution in [0.1, 0.15) is 12.0 Å². The van der Waals surface area contributed by atoms with Gasteiger partial charge in [0.15, 0.2) is 5.96 Å². The van der Waals surface area contributed by atoms with E-state index in [9.17, 15) is 0 Å². The highest BCUT2D eigenvalue weighted by molar-refractivity contribution is 5.79. The van der Waals surface area contributed by atoms with E-state index >= 15 is 0 Å². The molecule has 0 saturated carbocycles. The second kappa shape index (κ2) is 12.5. The zero-order chi connectivity index (χ0) is 20.2. The highest BCUT2D eigenvalue weighted by Gasteiger charge is 2.17. The van der Waals surface area contributed by atoms with Gasteiger partial charge in [-0.15, -0.1) is 0 Å². The molecule has 8 heteroatoms. The Morgan fingerprint density at radius 2 is 2.04 bits per heavy atom. The Morgan fingerprint density at radius 1 is 1.25 bits per heavy atom. The number of nitrogens with one attached hydrogen (secondary N) is 2. The number of hydrogen-bond acceptors (Lipinski definition) is 6. The summed E-state index contributed by atoms with van der Waals surface area (Å²) in [6.45, 7) is 8.54. The number of rotatable bonds is 10. The van der Waals surface area contributed by atoms with E-state index in [2.05, 4.69) is 55.5 Å². The van der Waals surface area contributed by atoms with Crippen LogP contribution >= 0.6 is 0 Å². The summed E-state index contributed by atoms with van der Waals surface area (Å²) in [6, 6.07) is 4.15. The number of anilines is 1. The van der Waals surface area contributed by atoms with Gasteiger partial charge in [-0.1, -0.05) is 6.07 Å². The summed E-state index contributed by atoms with van der Waals surface area (Å²) in [7, 11) is 7.85. The predicted molar refractivity (Wildman–Crippen MR) is 116 cm³/mol. The normalized spacial score (nSPS) is 15.9. The summed E-state index contributed by atoms with van der Waals surface area (Å²) in [4.78, 5) is 16.0. The van der Waals surface area contributed by atoms with Crippen molar-refractivity contribution in [2.75, 3.05) is 85.6 Å². The van der Waals surface area contributed by atoms with E-state index in [1.807, 2.05) is 19.3 Å². The molecule has 0 aliphatic carbocycles. The first kappa shape index (κ1) is 22.4. The maximum absolute atomic E-state index is 5.10. The van der Waals surface area contributed by atoms with Gasteiger partial charge in [0.2, 0.25) is 0 Å². The predicted octanol–water partition coefficient (Wildman–Crippen LogP) is 0.467. The minimum absolute atomic E-state index is 0.707. The molecule has 158 valence electrons. The van der Waals surface area contributed by atoms with E-state index in [-0.39, 0.29) is 0 Å². The molecule has 0 atom stereocenters. The lowest BCUT2D eigenvalue weighted by molar-refractivity contribution is 0.180. The molecule has 28 heavy (non-hydrogen) atoms. The van der Waals surface area contributed by atoms with Gasteiger partial charge in [0.05, 0.1) is 0 Å². The van der Waals surface area contributed by atoms with Crippen LogP contribution in [0.15, 0.2) is 23.3 Å². The molecule has 8 nitrogen and oxygen atoms in total. The minimum Gasteiger partial charge on any atom is -0.385 e. The van der Waals surface area contributed by atoms with Crippen LogP contribution in [0.3, 0.4) is 0 Å². The third-order valence-electron chi connectivity index (χ3n) is 5.01. The van der Waals surface area contributed by atoms with Gasteiger partial charge in [-0.2, -0.15) is 0 Å². The molecular weight excluding hydrogens is 354 g/mol. The number of nitrogens with zero attached hydrogens (tertiary/aromatic N) is 5. The zero-order valence-corrected chi connectivity index (χ0v) is 17.9. The maximum atomic E-state index is 5.10. The first-order valence-electron chi connectivity index (χ1n) is 10.1. The van der Waals surface area contributed by atoms with Crippen LogP contribution < -0.4 is 15.5 Å². The van der Waals surface area contributed by atoms with Gasteiger partial charge in [-0.05, 0) is 26.6 Å². The average Bonchev–Trinajstić information content (AvgIpc) is 2.71. The van der Waals surface area contributed by atoms with Gasteiger partial charge >= 0.3 is 0 Å². The minimum atomic E-state index is 0.707. The Hall–Kier alpha value is -1.90. The van der Waals surface area contributed by atoms with Gasteiger partial charge in [0.1, 0.15) is 5.82 Å². The molecule has 2 N–H and O–H groups in total. The van der Waals surface area contributed by atoms with Crippen LogP contribution in [0.25, 0.3) is 0 Å². The summed E-state index contributed by atoms with van der Waals surface area (Å²) in [6.07, 6.45) is 2.93. The van der Waals surface area contributed by atoms with Crippen molar-refractivity contribution in [3.63, 3.8) is 0 Å². The smallest absolute Gasteiger partial charge is 0.191 e. The van der Waals surface area contributed by atoms with Crippen molar-refractivity contribution in [1.82, 2.24) is 25.4 Å². The molecule has 0 spiro atoms. The number of guanidine groups is 1. The second-order valence-corrected chi connectivity index (χ2v) is 7.28. The molecule has 1 fully saturated rings. The molecule has 2 heterocycles. The standard InChI is InChI=1S/C20H37N7O/c1-21-20(23-9-11-25(2)10-6-16-28-4)24-17-18-7-5-8-22-19(18)27-14-12-26(3)13-15-27/h5,7-8H,6,9-17H2,1-4H3,(H2,21,23,24). The van der Waals surface area contributed by atoms with Crippen LogP contribution in [0, 0.1) is 0 Å². The van der Waals surface area contributed by atoms with E-state index in [0.29, 0.717) is 6.54 Å². The highest BCUT2D eigenvalue weighted by atomic mass is 16.5. The largest absolute Gasteiger partial charge is 0.385 e. The Kier molecular flexibility index (Phi) is 10.0. The fourth-order valence-electron chi connectivity index (χ4n) is 3.23. The van der Waals surface area contributed by atoms with Crippen LogP contribution in [-0.2, 0) is 11.3 Å². The van der Waals surface area contributed by atoms with E-state index in [1.54, 1.807) is 7.11 Å². The molecule has 0 amide bonds. The summed E-state index contributed by atoms with van der Waals surface area (Å²) in [5, 5.41) is 6.81. The van der Waals surface area contributed by atoms with Crippen molar-refractivity contribution in [1.29, 1.82) is 0 Å². The van der Waals surface area contributed by atoms with Crippen LogP contribution in [0.2, 0.25) is 0 Å². The van der Waals surface area contributed by atoms with Crippen molar-refractivity contribution in [2.45, 2.75) is 13.0 Å². The summed E-state index contributed by atoms with van der Waals surface area (Å²) in [5.41, 5.74) is 1.20. The lowest BCUT2D eigenvalue weighted by Crippen LogP contribution is -2.45. The Bertz CT molecular complexity index is 588. The molecule has 1 aromatic heterocycles. The van der Waals surface area contributed by atoms with Crippen molar-refractivity contribution < 1.29 is 4.74 Å². The van der Waals surface area contributed by atoms with Crippen LogP contribution in [0.4, 0.5) is 5.82 Å². The summed E-state index contributed by atoms with van der Waals surface area (Å²) >= 11 is 0. The molecular formula is C20H37N7O. The molecule has 1 aliphatic heterocycles. The lowest BCUT2D eigenvalue weighted by Gasteiger charge is -2.34. The monoisotopic (exact) mass is 391 g/mol. The molecule has 1 aromatic rings. The quantitative estimate of drug-likeness (QED) is 0.341. The van der Waals surface area contributed by atoms with Crippen LogP contribution in [-0.4, -0.2) is 101 Å². The Labute approximate surface area is 170 Å². The van der Waals surface area contributed by atoms with Gasteiger partial charge < -0.3 is 30.1 Å². The molecule has 0 unspecified atom stereocenters. The number of piperazine rings is 1.